The highest BCUT2D eigenvalue weighted by molar-refractivity contribution is 6.30. The lowest BCUT2D eigenvalue weighted by Crippen LogP contribution is -2.06. The molecule has 0 aliphatic carbocycles. The van der Waals surface area contributed by atoms with Crippen LogP contribution >= 0.6 is 23.2 Å². The normalized spacial score (nSPS) is 12.8. The Kier molecular flexibility index (Phi) is 5.31. The smallest absolute Gasteiger partial charge is 0.0717 e. The molecule has 0 aromatic heterocycles. The lowest BCUT2D eigenvalue weighted by atomic mass is 10.2. The van der Waals surface area contributed by atoms with Crippen molar-refractivity contribution in [3.63, 3.8) is 0 Å². The first-order valence-electron chi connectivity index (χ1n) is 4.60. The van der Waals surface area contributed by atoms with E-state index in [0.717, 1.165) is 10.6 Å². The minimum absolute atomic E-state index is 0.399. The summed E-state index contributed by atoms with van der Waals surface area (Å²) in [4.78, 5) is 0. The Labute approximate surface area is 95.0 Å². The summed E-state index contributed by atoms with van der Waals surface area (Å²) in [7, 11) is 0. The first-order valence-corrected chi connectivity index (χ1v) is 5.51. The first kappa shape index (κ1) is 11.8. The Morgan fingerprint density at radius 2 is 2.21 bits per heavy atom. The number of benzene rings is 1. The molecule has 0 aliphatic heterocycles. The van der Waals surface area contributed by atoms with Gasteiger partial charge in [-0.1, -0.05) is 30.7 Å². The Bertz CT molecular complexity index is 276. The maximum absolute atomic E-state index is 5.84. The molecule has 78 valence electrons. The maximum atomic E-state index is 5.84. The molecule has 0 N–H and O–H groups in total. The quantitative estimate of drug-likeness (QED) is 0.704. The van der Waals surface area contributed by atoms with Crippen molar-refractivity contribution >= 4 is 23.2 Å². The van der Waals surface area contributed by atoms with Crippen molar-refractivity contribution in [1.29, 1.82) is 0 Å². The fourth-order valence-corrected chi connectivity index (χ4v) is 1.35. The van der Waals surface area contributed by atoms with E-state index in [4.69, 9.17) is 27.9 Å². The zero-order valence-electron chi connectivity index (χ0n) is 8.17. The fourth-order valence-electron chi connectivity index (χ4n) is 1.05. The molecular formula is C11H14Cl2O. The van der Waals surface area contributed by atoms with Gasteiger partial charge < -0.3 is 4.74 Å². The fraction of sp³-hybridized carbons (Fsp3) is 0.455. The topological polar surface area (TPSA) is 9.23 Å². The molecule has 0 saturated heterocycles. The molecule has 14 heavy (non-hydrogen) atoms. The summed E-state index contributed by atoms with van der Waals surface area (Å²) >= 11 is 11.5. The lowest BCUT2D eigenvalue weighted by Gasteiger charge is -2.08. The van der Waals surface area contributed by atoms with Gasteiger partial charge in [0.2, 0.25) is 0 Å². The van der Waals surface area contributed by atoms with E-state index in [-0.39, 0.29) is 0 Å². The molecule has 3 heteroatoms. The van der Waals surface area contributed by atoms with Crippen LogP contribution in [0.5, 0.6) is 0 Å². The molecule has 0 saturated carbocycles. The molecule has 0 heterocycles. The Balaban J connectivity index is 2.31. The van der Waals surface area contributed by atoms with Gasteiger partial charge in [-0.3, -0.25) is 0 Å². The zero-order valence-corrected chi connectivity index (χ0v) is 9.68. The van der Waals surface area contributed by atoms with Crippen LogP contribution in [0.1, 0.15) is 12.5 Å². The van der Waals surface area contributed by atoms with Gasteiger partial charge in [0.25, 0.3) is 0 Å². The average Bonchev–Trinajstić information content (AvgIpc) is 2.17. The number of hydrogen-bond acceptors (Lipinski definition) is 1. The minimum Gasteiger partial charge on any atom is -0.376 e. The lowest BCUT2D eigenvalue weighted by molar-refractivity contribution is 0.0979. The van der Waals surface area contributed by atoms with Gasteiger partial charge in [0, 0.05) is 10.9 Å². The average molecular weight is 233 g/mol. The van der Waals surface area contributed by atoms with Crippen molar-refractivity contribution in [3.05, 3.63) is 34.9 Å². The van der Waals surface area contributed by atoms with Crippen LogP contribution in [-0.2, 0) is 11.3 Å². The summed E-state index contributed by atoms with van der Waals surface area (Å²) in [6, 6.07) is 7.68. The van der Waals surface area contributed by atoms with Gasteiger partial charge in [0.05, 0.1) is 13.2 Å². The van der Waals surface area contributed by atoms with Crippen LogP contribution in [0, 0.1) is 5.92 Å². The Morgan fingerprint density at radius 1 is 1.43 bits per heavy atom. The van der Waals surface area contributed by atoms with Gasteiger partial charge in [-0.15, -0.1) is 11.6 Å². The molecule has 1 atom stereocenters. The summed E-state index contributed by atoms with van der Waals surface area (Å²) in [6.07, 6.45) is 0. The van der Waals surface area contributed by atoms with E-state index < -0.39 is 0 Å². The highest BCUT2D eigenvalue weighted by atomic mass is 35.5. The highest BCUT2D eigenvalue weighted by Crippen LogP contribution is 2.11. The van der Waals surface area contributed by atoms with Crippen LogP contribution in [0.3, 0.4) is 0 Å². The first-order chi connectivity index (χ1) is 6.72. The Hall–Kier alpha value is -0.240. The molecule has 1 aromatic rings. The van der Waals surface area contributed by atoms with Gasteiger partial charge in [-0.25, -0.2) is 0 Å². The van der Waals surface area contributed by atoms with Gasteiger partial charge in [-0.2, -0.15) is 0 Å². The second-order valence-electron chi connectivity index (χ2n) is 3.40. The molecule has 0 amide bonds. The molecule has 1 unspecified atom stereocenters. The molecule has 0 aliphatic rings. The van der Waals surface area contributed by atoms with Crippen molar-refractivity contribution in [2.24, 2.45) is 5.92 Å². The maximum Gasteiger partial charge on any atom is 0.0717 e. The number of ether oxygens (including phenoxy) is 1. The van der Waals surface area contributed by atoms with Crippen molar-refractivity contribution in [1.82, 2.24) is 0 Å². The van der Waals surface area contributed by atoms with E-state index in [1.165, 1.54) is 0 Å². The molecule has 1 nitrogen and oxygen atoms in total. The molecule has 1 rings (SSSR count). The SMILES string of the molecule is CC(CCl)COCc1cccc(Cl)c1. The minimum atomic E-state index is 0.399. The predicted molar refractivity (Wildman–Crippen MR) is 61.0 cm³/mol. The summed E-state index contributed by atoms with van der Waals surface area (Å²) < 4.78 is 5.48. The van der Waals surface area contributed by atoms with Gasteiger partial charge in [-0.05, 0) is 23.6 Å². The summed E-state index contributed by atoms with van der Waals surface area (Å²) in [6.45, 7) is 3.35. The van der Waals surface area contributed by atoms with Crippen molar-refractivity contribution in [3.8, 4) is 0 Å². The summed E-state index contributed by atoms with van der Waals surface area (Å²) in [5.41, 5.74) is 1.10. The number of halogens is 2. The number of rotatable bonds is 5. The van der Waals surface area contributed by atoms with Crippen LogP contribution in [0.15, 0.2) is 24.3 Å². The Morgan fingerprint density at radius 3 is 2.86 bits per heavy atom. The molecule has 0 bridgehead atoms. The largest absolute Gasteiger partial charge is 0.376 e. The van der Waals surface area contributed by atoms with Crippen molar-refractivity contribution in [2.45, 2.75) is 13.5 Å². The second-order valence-corrected chi connectivity index (χ2v) is 4.15. The summed E-state index contributed by atoms with van der Waals surface area (Å²) in [5.74, 6) is 1.03. The molecule has 0 fully saturated rings. The summed E-state index contributed by atoms with van der Waals surface area (Å²) in [5, 5.41) is 0.747. The van der Waals surface area contributed by atoms with E-state index in [0.29, 0.717) is 25.0 Å². The number of hydrogen-bond donors (Lipinski definition) is 0. The molecule has 0 spiro atoms. The molecule has 1 aromatic carbocycles. The standard InChI is InChI=1S/C11H14Cl2O/c1-9(6-12)7-14-8-10-3-2-4-11(13)5-10/h2-5,9H,6-8H2,1H3. The van der Waals surface area contributed by atoms with Crippen LogP contribution in [0.2, 0.25) is 5.02 Å². The van der Waals surface area contributed by atoms with Gasteiger partial charge in [0.1, 0.15) is 0 Å². The second kappa shape index (κ2) is 6.28. The third-order valence-corrected chi connectivity index (χ3v) is 2.59. The van der Waals surface area contributed by atoms with E-state index in [1.54, 1.807) is 0 Å². The molecular weight excluding hydrogens is 219 g/mol. The van der Waals surface area contributed by atoms with Crippen molar-refractivity contribution < 1.29 is 4.74 Å². The van der Waals surface area contributed by atoms with E-state index in [9.17, 15) is 0 Å². The molecule has 0 radical (unpaired) electrons. The van der Waals surface area contributed by atoms with Crippen LogP contribution in [0.4, 0.5) is 0 Å². The predicted octanol–water partition coefficient (Wildman–Crippen LogP) is 3.73. The third-order valence-electron chi connectivity index (χ3n) is 1.82. The monoisotopic (exact) mass is 232 g/mol. The van der Waals surface area contributed by atoms with Crippen LogP contribution in [0.25, 0.3) is 0 Å². The van der Waals surface area contributed by atoms with E-state index >= 15 is 0 Å². The van der Waals surface area contributed by atoms with Crippen molar-refractivity contribution in [2.75, 3.05) is 12.5 Å². The van der Waals surface area contributed by atoms with Crippen LogP contribution < -0.4 is 0 Å². The van der Waals surface area contributed by atoms with Gasteiger partial charge >= 0.3 is 0 Å². The van der Waals surface area contributed by atoms with E-state index in [1.807, 2.05) is 24.3 Å². The third kappa shape index (κ3) is 4.32. The van der Waals surface area contributed by atoms with Crippen LogP contribution in [-0.4, -0.2) is 12.5 Å². The zero-order chi connectivity index (χ0) is 10.4. The highest BCUT2D eigenvalue weighted by Gasteiger charge is 2.00. The van der Waals surface area contributed by atoms with E-state index in [2.05, 4.69) is 6.92 Å². The number of alkyl halides is 1. The van der Waals surface area contributed by atoms with Gasteiger partial charge in [0.15, 0.2) is 0 Å².